The third-order valence-electron chi connectivity index (χ3n) is 3.21. The number of anilines is 1. The van der Waals surface area contributed by atoms with Gasteiger partial charge in [-0.15, -0.1) is 0 Å². The van der Waals surface area contributed by atoms with Gasteiger partial charge in [0.15, 0.2) is 0 Å². The molecule has 0 amide bonds. The summed E-state index contributed by atoms with van der Waals surface area (Å²) < 4.78 is 1.61. The SMILES string of the molecule is Cc1nn(C)c(NCCCC2CC2)c1C(=O)O. The first-order valence-electron chi connectivity index (χ1n) is 6.10. The van der Waals surface area contributed by atoms with E-state index in [9.17, 15) is 4.79 Å². The zero-order chi connectivity index (χ0) is 12.4. The number of carboxylic acids is 1. The van der Waals surface area contributed by atoms with Crippen molar-refractivity contribution in [3.05, 3.63) is 11.3 Å². The number of aromatic nitrogens is 2. The number of nitrogens with zero attached hydrogens (tertiary/aromatic N) is 2. The molecule has 0 bridgehead atoms. The van der Waals surface area contributed by atoms with Crippen LogP contribution in [0.4, 0.5) is 5.82 Å². The topological polar surface area (TPSA) is 67.2 Å². The Labute approximate surface area is 101 Å². The van der Waals surface area contributed by atoms with E-state index in [1.165, 1.54) is 19.3 Å². The lowest BCUT2D eigenvalue weighted by atomic mass is 10.2. The number of aryl methyl sites for hydroxylation is 2. The second kappa shape index (κ2) is 4.77. The molecule has 0 unspecified atom stereocenters. The van der Waals surface area contributed by atoms with Gasteiger partial charge in [0.25, 0.3) is 0 Å². The van der Waals surface area contributed by atoms with Crippen molar-refractivity contribution in [2.24, 2.45) is 13.0 Å². The maximum absolute atomic E-state index is 11.1. The summed E-state index contributed by atoms with van der Waals surface area (Å²) in [6, 6.07) is 0. The van der Waals surface area contributed by atoms with Crippen molar-refractivity contribution in [2.75, 3.05) is 11.9 Å². The Morgan fingerprint density at radius 3 is 2.88 bits per heavy atom. The highest BCUT2D eigenvalue weighted by Crippen LogP contribution is 2.33. The molecule has 0 atom stereocenters. The minimum atomic E-state index is -0.916. The van der Waals surface area contributed by atoms with Gasteiger partial charge in [0.1, 0.15) is 11.4 Å². The summed E-state index contributed by atoms with van der Waals surface area (Å²) in [5, 5.41) is 16.4. The average molecular weight is 237 g/mol. The van der Waals surface area contributed by atoms with Gasteiger partial charge in [0, 0.05) is 13.6 Å². The van der Waals surface area contributed by atoms with Crippen LogP contribution in [0.15, 0.2) is 0 Å². The Morgan fingerprint density at radius 2 is 2.29 bits per heavy atom. The van der Waals surface area contributed by atoms with Gasteiger partial charge in [-0.1, -0.05) is 12.8 Å². The van der Waals surface area contributed by atoms with Crippen LogP contribution in [0.25, 0.3) is 0 Å². The van der Waals surface area contributed by atoms with Crippen molar-refractivity contribution >= 4 is 11.8 Å². The summed E-state index contributed by atoms with van der Waals surface area (Å²) in [5.41, 5.74) is 0.851. The summed E-state index contributed by atoms with van der Waals surface area (Å²) in [6.07, 6.45) is 5.07. The smallest absolute Gasteiger partial charge is 0.341 e. The molecule has 0 aromatic carbocycles. The first-order valence-corrected chi connectivity index (χ1v) is 6.10. The number of carboxylic acid groups (broad SMARTS) is 1. The van der Waals surface area contributed by atoms with Gasteiger partial charge in [0.05, 0.1) is 5.69 Å². The fourth-order valence-electron chi connectivity index (χ4n) is 2.12. The molecule has 0 saturated heterocycles. The van der Waals surface area contributed by atoms with E-state index < -0.39 is 5.97 Å². The second-order valence-electron chi connectivity index (χ2n) is 4.75. The summed E-state index contributed by atoms with van der Waals surface area (Å²) in [6.45, 7) is 2.54. The number of rotatable bonds is 6. The molecule has 1 aromatic heterocycles. The summed E-state index contributed by atoms with van der Waals surface area (Å²) in [4.78, 5) is 11.1. The van der Waals surface area contributed by atoms with Crippen molar-refractivity contribution in [1.29, 1.82) is 0 Å². The van der Waals surface area contributed by atoms with Gasteiger partial charge in [0.2, 0.25) is 0 Å². The zero-order valence-corrected chi connectivity index (χ0v) is 10.4. The monoisotopic (exact) mass is 237 g/mol. The van der Waals surface area contributed by atoms with Crippen molar-refractivity contribution in [3.63, 3.8) is 0 Å². The molecule has 5 nitrogen and oxygen atoms in total. The lowest BCUT2D eigenvalue weighted by Crippen LogP contribution is -2.10. The van der Waals surface area contributed by atoms with Crippen LogP contribution in [-0.4, -0.2) is 27.4 Å². The van der Waals surface area contributed by atoms with Crippen LogP contribution in [-0.2, 0) is 7.05 Å². The Morgan fingerprint density at radius 1 is 1.59 bits per heavy atom. The molecular formula is C12H19N3O2. The molecule has 1 saturated carbocycles. The first-order chi connectivity index (χ1) is 8.09. The molecule has 0 radical (unpaired) electrons. The van der Waals surface area contributed by atoms with E-state index >= 15 is 0 Å². The number of hydrogen-bond donors (Lipinski definition) is 2. The fourth-order valence-corrected chi connectivity index (χ4v) is 2.12. The number of carbonyl (C=O) groups is 1. The van der Waals surface area contributed by atoms with Crippen LogP contribution in [0.1, 0.15) is 41.7 Å². The molecule has 94 valence electrons. The standard InChI is InChI=1S/C12H19N3O2/c1-8-10(12(16)17)11(15(2)14-8)13-7-3-4-9-5-6-9/h9,13H,3-7H2,1-2H3,(H,16,17). The predicted octanol–water partition coefficient (Wildman–Crippen LogP) is 2.03. The Balaban J connectivity index is 1.95. The van der Waals surface area contributed by atoms with Crippen LogP contribution in [0, 0.1) is 12.8 Å². The number of hydrogen-bond acceptors (Lipinski definition) is 3. The lowest BCUT2D eigenvalue weighted by molar-refractivity contribution is 0.0697. The van der Waals surface area contributed by atoms with Gasteiger partial charge in [-0.25, -0.2) is 4.79 Å². The van der Waals surface area contributed by atoms with E-state index in [4.69, 9.17) is 5.11 Å². The molecule has 1 heterocycles. The summed E-state index contributed by atoms with van der Waals surface area (Å²) in [5.74, 6) is 0.620. The highest BCUT2D eigenvalue weighted by Gasteiger charge is 2.21. The van der Waals surface area contributed by atoms with E-state index in [-0.39, 0.29) is 0 Å². The largest absolute Gasteiger partial charge is 0.477 e. The van der Waals surface area contributed by atoms with E-state index in [2.05, 4.69) is 10.4 Å². The third-order valence-corrected chi connectivity index (χ3v) is 3.21. The van der Waals surface area contributed by atoms with E-state index in [1.54, 1.807) is 18.7 Å². The van der Waals surface area contributed by atoms with Gasteiger partial charge >= 0.3 is 5.97 Å². The van der Waals surface area contributed by atoms with Crippen LogP contribution in [0.2, 0.25) is 0 Å². The first kappa shape index (κ1) is 12.0. The fraction of sp³-hybridized carbons (Fsp3) is 0.667. The molecule has 0 spiro atoms. The van der Waals surface area contributed by atoms with Crippen LogP contribution >= 0.6 is 0 Å². The van der Waals surface area contributed by atoms with E-state index in [1.807, 2.05) is 0 Å². The third kappa shape index (κ3) is 2.78. The molecule has 2 N–H and O–H groups in total. The van der Waals surface area contributed by atoms with Crippen molar-refractivity contribution in [1.82, 2.24) is 9.78 Å². The van der Waals surface area contributed by atoms with Crippen LogP contribution in [0.3, 0.4) is 0 Å². The van der Waals surface area contributed by atoms with Gasteiger partial charge in [-0.05, 0) is 25.7 Å². The molecular weight excluding hydrogens is 218 g/mol. The average Bonchev–Trinajstić information content (AvgIpc) is 3.00. The minimum Gasteiger partial charge on any atom is -0.477 e. The molecule has 1 aromatic rings. The van der Waals surface area contributed by atoms with Crippen LogP contribution < -0.4 is 5.32 Å². The highest BCUT2D eigenvalue weighted by atomic mass is 16.4. The summed E-state index contributed by atoms with van der Waals surface area (Å²) >= 11 is 0. The van der Waals surface area contributed by atoms with Gasteiger partial charge in [-0.2, -0.15) is 5.10 Å². The van der Waals surface area contributed by atoms with Crippen LogP contribution in [0.5, 0.6) is 0 Å². The molecule has 1 aliphatic rings. The normalized spacial score (nSPS) is 14.9. The van der Waals surface area contributed by atoms with Gasteiger partial charge in [-0.3, -0.25) is 4.68 Å². The second-order valence-corrected chi connectivity index (χ2v) is 4.75. The predicted molar refractivity (Wildman–Crippen MR) is 65.4 cm³/mol. The Bertz CT molecular complexity index is 422. The summed E-state index contributed by atoms with van der Waals surface area (Å²) in [7, 11) is 1.77. The van der Waals surface area contributed by atoms with Crippen molar-refractivity contribution < 1.29 is 9.90 Å². The molecule has 2 rings (SSSR count). The van der Waals surface area contributed by atoms with Crippen molar-refractivity contribution in [3.8, 4) is 0 Å². The van der Waals surface area contributed by atoms with E-state index in [0.717, 1.165) is 18.9 Å². The molecule has 5 heteroatoms. The highest BCUT2D eigenvalue weighted by molar-refractivity contribution is 5.94. The maximum Gasteiger partial charge on any atom is 0.341 e. The van der Waals surface area contributed by atoms with Crippen molar-refractivity contribution in [2.45, 2.75) is 32.6 Å². The van der Waals surface area contributed by atoms with Gasteiger partial charge < -0.3 is 10.4 Å². The maximum atomic E-state index is 11.1. The molecule has 17 heavy (non-hydrogen) atoms. The quantitative estimate of drug-likeness (QED) is 0.743. The Hall–Kier alpha value is -1.52. The zero-order valence-electron chi connectivity index (χ0n) is 10.4. The number of nitrogens with one attached hydrogen (secondary N) is 1. The van der Waals surface area contributed by atoms with E-state index in [0.29, 0.717) is 17.1 Å². The lowest BCUT2D eigenvalue weighted by Gasteiger charge is -2.07. The molecule has 1 fully saturated rings. The number of aromatic carboxylic acids is 1. The molecule has 0 aliphatic heterocycles. The minimum absolute atomic E-state index is 0.291. The Kier molecular flexibility index (Phi) is 3.36. The molecule has 1 aliphatic carbocycles.